The lowest BCUT2D eigenvalue weighted by Gasteiger charge is -2.26. The van der Waals surface area contributed by atoms with Crippen LogP contribution in [0.15, 0.2) is 0 Å². The SMILES string of the molecule is COCP(=O)(I)NC(C)(C)C(=O)OC. The second-order valence-corrected chi connectivity index (χ2v) is 9.76. The van der Waals surface area contributed by atoms with Crippen LogP contribution in [0.2, 0.25) is 0 Å². The molecule has 1 unspecified atom stereocenters. The van der Waals surface area contributed by atoms with Gasteiger partial charge in [-0.05, 0) is 13.8 Å². The highest BCUT2D eigenvalue weighted by Gasteiger charge is 2.35. The smallest absolute Gasteiger partial charge is 0.325 e. The van der Waals surface area contributed by atoms with E-state index >= 15 is 0 Å². The van der Waals surface area contributed by atoms with Crippen molar-refractivity contribution in [2.45, 2.75) is 19.4 Å². The highest BCUT2D eigenvalue weighted by molar-refractivity contribution is 14.2. The van der Waals surface area contributed by atoms with Crippen LogP contribution in [0.3, 0.4) is 0 Å². The average molecular weight is 335 g/mol. The van der Waals surface area contributed by atoms with Crippen molar-refractivity contribution in [3.63, 3.8) is 0 Å². The van der Waals surface area contributed by atoms with Crippen molar-refractivity contribution in [2.75, 3.05) is 20.6 Å². The maximum atomic E-state index is 11.8. The molecule has 84 valence electrons. The van der Waals surface area contributed by atoms with E-state index < -0.39 is 16.4 Å². The van der Waals surface area contributed by atoms with Gasteiger partial charge >= 0.3 is 5.97 Å². The summed E-state index contributed by atoms with van der Waals surface area (Å²) < 4.78 is 21.1. The summed E-state index contributed by atoms with van der Waals surface area (Å²) in [5.74, 6) is -0.453. The minimum Gasteiger partial charge on any atom is -0.468 e. The van der Waals surface area contributed by atoms with Crippen molar-refractivity contribution in [2.24, 2.45) is 0 Å². The van der Waals surface area contributed by atoms with Gasteiger partial charge in [-0.1, -0.05) is 0 Å². The molecule has 0 aromatic carbocycles. The molecule has 0 rings (SSSR count). The third kappa shape index (κ3) is 4.72. The van der Waals surface area contributed by atoms with Gasteiger partial charge in [0.05, 0.1) is 7.11 Å². The van der Waals surface area contributed by atoms with Gasteiger partial charge in [0.1, 0.15) is 11.9 Å². The molecular formula is C7H15INO4P. The molecule has 14 heavy (non-hydrogen) atoms. The Morgan fingerprint density at radius 3 is 2.36 bits per heavy atom. The molecular weight excluding hydrogens is 320 g/mol. The van der Waals surface area contributed by atoms with Crippen molar-refractivity contribution in [1.29, 1.82) is 0 Å². The van der Waals surface area contributed by atoms with Gasteiger partial charge in [-0.2, -0.15) is 0 Å². The Hall–Kier alpha value is 0.350. The highest BCUT2D eigenvalue weighted by Crippen LogP contribution is 2.51. The van der Waals surface area contributed by atoms with Crippen LogP contribution in [0.25, 0.3) is 0 Å². The molecule has 0 aromatic heterocycles. The summed E-state index contributed by atoms with van der Waals surface area (Å²) in [4.78, 5) is 8.58. The van der Waals surface area contributed by atoms with Crippen LogP contribution in [0.5, 0.6) is 0 Å². The monoisotopic (exact) mass is 335 g/mol. The predicted octanol–water partition coefficient (Wildman–Crippen LogP) is 1.76. The summed E-state index contributed by atoms with van der Waals surface area (Å²) in [6.07, 6.45) is 0.0774. The van der Waals surface area contributed by atoms with E-state index in [2.05, 4.69) is 9.82 Å². The van der Waals surface area contributed by atoms with Crippen LogP contribution < -0.4 is 5.09 Å². The van der Waals surface area contributed by atoms with Crippen molar-refractivity contribution in [3.05, 3.63) is 0 Å². The average Bonchev–Trinajstić information content (AvgIpc) is 2.00. The van der Waals surface area contributed by atoms with Gasteiger partial charge in [-0.15, -0.1) is 0 Å². The number of methoxy groups -OCH3 is 2. The van der Waals surface area contributed by atoms with E-state index in [1.165, 1.54) is 14.2 Å². The van der Waals surface area contributed by atoms with Crippen LogP contribution in [0.4, 0.5) is 0 Å². The van der Waals surface area contributed by atoms with Crippen molar-refractivity contribution >= 4 is 32.9 Å². The summed E-state index contributed by atoms with van der Waals surface area (Å²) in [7, 11) is 2.75. The van der Waals surface area contributed by atoms with Crippen molar-refractivity contribution in [3.8, 4) is 0 Å². The number of esters is 1. The van der Waals surface area contributed by atoms with Gasteiger partial charge in [0.25, 0.3) is 0 Å². The largest absolute Gasteiger partial charge is 0.468 e. The molecule has 0 heterocycles. The van der Waals surface area contributed by atoms with Gasteiger partial charge in [0.2, 0.25) is 4.94 Å². The van der Waals surface area contributed by atoms with Gasteiger partial charge in [-0.3, -0.25) is 9.36 Å². The minimum absolute atomic E-state index is 0.0774. The molecule has 0 saturated heterocycles. The van der Waals surface area contributed by atoms with E-state index in [4.69, 9.17) is 4.74 Å². The van der Waals surface area contributed by atoms with E-state index in [-0.39, 0.29) is 6.35 Å². The number of halogens is 1. The topological polar surface area (TPSA) is 64.6 Å². The molecule has 0 radical (unpaired) electrons. The molecule has 7 heteroatoms. The third-order valence-electron chi connectivity index (χ3n) is 1.44. The normalized spacial score (nSPS) is 16.1. The summed E-state index contributed by atoms with van der Waals surface area (Å²) in [6.45, 7) is 3.22. The lowest BCUT2D eigenvalue weighted by molar-refractivity contribution is -0.146. The maximum absolute atomic E-state index is 11.8. The quantitative estimate of drug-likeness (QED) is 0.471. The number of hydrogen-bond acceptors (Lipinski definition) is 4. The molecule has 0 aliphatic carbocycles. The molecule has 0 spiro atoms. The highest BCUT2D eigenvalue weighted by atomic mass is 127. The maximum Gasteiger partial charge on any atom is 0.325 e. The van der Waals surface area contributed by atoms with Gasteiger partial charge in [0, 0.05) is 29.2 Å². The molecule has 0 aliphatic heterocycles. The van der Waals surface area contributed by atoms with Crippen LogP contribution >= 0.6 is 27.0 Å². The Balaban J connectivity index is 4.49. The van der Waals surface area contributed by atoms with E-state index in [0.717, 1.165) is 0 Å². The zero-order chi connectivity index (χ0) is 11.4. The first kappa shape index (κ1) is 14.3. The second-order valence-electron chi connectivity index (χ2n) is 3.30. The first-order valence-electron chi connectivity index (χ1n) is 3.90. The number of hydrogen-bond donors (Lipinski definition) is 1. The van der Waals surface area contributed by atoms with E-state index in [1.807, 2.05) is 0 Å². The van der Waals surface area contributed by atoms with Crippen LogP contribution in [0.1, 0.15) is 13.8 Å². The molecule has 0 amide bonds. The lowest BCUT2D eigenvalue weighted by Crippen LogP contribution is -2.45. The van der Waals surface area contributed by atoms with Gasteiger partial charge in [-0.25, -0.2) is 5.09 Å². The fourth-order valence-corrected chi connectivity index (χ4v) is 4.88. The number of ether oxygens (including phenoxy) is 2. The lowest BCUT2D eigenvalue weighted by atomic mass is 10.1. The molecule has 1 N–H and O–H groups in total. The fourth-order valence-electron chi connectivity index (χ4n) is 0.917. The zero-order valence-electron chi connectivity index (χ0n) is 8.67. The summed E-state index contributed by atoms with van der Waals surface area (Å²) in [6, 6.07) is 0. The van der Waals surface area contributed by atoms with E-state index in [1.54, 1.807) is 35.9 Å². The van der Waals surface area contributed by atoms with E-state index in [9.17, 15) is 9.36 Å². The van der Waals surface area contributed by atoms with Crippen LogP contribution in [-0.2, 0) is 18.8 Å². The van der Waals surface area contributed by atoms with E-state index in [0.29, 0.717) is 0 Å². The molecule has 0 fully saturated rings. The second kappa shape index (κ2) is 5.44. The Morgan fingerprint density at radius 2 is 2.00 bits per heavy atom. The standard InChI is InChI=1S/C7H15INO4P/c1-7(2,6(10)13-4)9-14(8,11)5-12-3/h5H2,1-4H3,(H,9,11). The zero-order valence-corrected chi connectivity index (χ0v) is 11.7. The van der Waals surface area contributed by atoms with Crippen LogP contribution in [-0.4, -0.2) is 32.1 Å². The minimum atomic E-state index is -2.68. The molecule has 0 aromatic rings. The number of carbonyl (C=O) groups excluding carboxylic acids is 1. The first-order valence-corrected chi connectivity index (χ1v) is 8.58. The van der Waals surface area contributed by atoms with Gasteiger partial charge < -0.3 is 9.47 Å². The number of carbonyl (C=O) groups is 1. The summed E-state index contributed by atoms with van der Waals surface area (Å²) in [5, 5.41) is 2.73. The Morgan fingerprint density at radius 1 is 1.50 bits per heavy atom. The molecule has 1 atom stereocenters. The molecule has 0 bridgehead atoms. The molecule has 5 nitrogen and oxygen atoms in total. The van der Waals surface area contributed by atoms with Crippen molar-refractivity contribution < 1.29 is 18.8 Å². The molecule has 0 aliphatic rings. The Labute approximate surface area is 96.8 Å². The number of rotatable bonds is 5. The summed E-state index contributed by atoms with van der Waals surface area (Å²) in [5.41, 5.74) is -0.968. The summed E-state index contributed by atoms with van der Waals surface area (Å²) >= 11 is 1.76. The van der Waals surface area contributed by atoms with Gasteiger partial charge in [0.15, 0.2) is 0 Å². The number of nitrogens with one attached hydrogen (secondary N) is 1. The Kier molecular flexibility index (Phi) is 5.57. The van der Waals surface area contributed by atoms with Crippen molar-refractivity contribution in [1.82, 2.24) is 5.09 Å². The first-order chi connectivity index (χ1) is 6.25. The van der Waals surface area contributed by atoms with Crippen LogP contribution in [0, 0.1) is 0 Å². The third-order valence-corrected chi connectivity index (χ3v) is 4.48. The predicted molar refractivity (Wildman–Crippen MR) is 62.7 cm³/mol. The fraction of sp³-hybridized carbons (Fsp3) is 0.857. The Bertz CT molecular complexity index is 256. The molecule has 0 saturated carbocycles.